The van der Waals surface area contributed by atoms with Gasteiger partial charge in [0.25, 0.3) is 0 Å². The molecule has 0 fully saturated rings. The molecular weight excluding hydrogens is 278 g/mol. The van der Waals surface area contributed by atoms with Gasteiger partial charge in [-0.25, -0.2) is 0 Å². The Kier molecular flexibility index (Phi) is 6.10. The SMILES string of the molecule is COc1ccc(CCNCc2ccc(OC)c(OC)c2)cc1. The van der Waals surface area contributed by atoms with Gasteiger partial charge in [-0.05, 0) is 48.4 Å². The average molecular weight is 301 g/mol. The third-order valence-corrected chi connectivity index (χ3v) is 3.53. The Morgan fingerprint density at radius 2 is 1.45 bits per heavy atom. The lowest BCUT2D eigenvalue weighted by Crippen LogP contribution is -2.16. The first-order chi connectivity index (χ1) is 10.8. The summed E-state index contributed by atoms with van der Waals surface area (Å²) in [6.07, 6.45) is 0.983. The molecule has 0 aliphatic rings. The van der Waals surface area contributed by atoms with Crippen LogP contribution in [-0.2, 0) is 13.0 Å². The van der Waals surface area contributed by atoms with Crippen LogP contribution in [0.15, 0.2) is 42.5 Å². The number of rotatable bonds is 8. The molecule has 22 heavy (non-hydrogen) atoms. The van der Waals surface area contributed by atoms with Gasteiger partial charge in [0, 0.05) is 6.54 Å². The summed E-state index contributed by atoms with van der Waals surface area (Å²) < 4.78 is 15.7. The zero-order valence-electron chi connectivity index (χ0n) is 13.4. The standard InChI is InChI=1S/C18H23NO3/c1-20-16-7-4-14(5-8-16)10-11-19-13-15-6-9-17(21-2)18(12-15)22-3/h4-9,12,19H,10-11,13H2,1-3H3. The van der Waals surface area contributed by atoms with E-state index in [1.807, 2.05) is 30.3 Å². The summed E-state index contributed by atoms with van der Waals surface area (Å²) in [5.74, 6) is 2.41. The summed E-state index contributed by atoms with van der Waals surface area (Å²) in [5, 5.41) is 3.44. The van der Waals surface area contributed by atoms with Crippen molar-refractivity contribution in [1.29, 1.82) is 0 Å². The minimum atomic E-state index is 0.754. The Morgan fingerprint density at radius 1 is 0.773 bits per heavy atom. The molecule has 1 N–H and O–H groups in total. The van der Waals surface area contributed by atoms with E-state index < -0.39 is 0 Å². The van der Waals surface area contributed by atoms with Gasteiger partial charge in [0.05, 0.1) is 21.3 Å². The van der Waals surface area contributed by atoms with Gasteiger partial charge < -0.3 is 19.5 Å². The molecular formula is C18H23NO3. The molecule has 0 aliphatic heterocycles. The van der Waals surface area contributed by atoms with Gasteiger partial charge in [0.2, 0.25) is 0 Å². The molecule has 0 spiro atoms. The first-order valence-corrected chi connectivity index (χ1v) is 7.31. The topological polar surface area (TPSA) is 39.7 Å². The van der Waals surface area contributed by atoms with Crippen LogP contribution in [0, 0.1) is 0 Å². The average Bonchev–Trinajstić information content (AvgIpc) is 2.59. The van der Waals surface area contributed by atoms with E-state index in [0.29, 0.717) is 0 Å². The fourth-order valence-electron chi connectivity index (χ4n) is 2.25. The van der Waals surface area contributed by atoms with Crippen molar-refractivity contribution in [3.63, 3.8) is 0 Å². The molecule has 0 aliphatic carbocycles. The molecule has 4 nitrogen and oxygen atoms in total. The van der Waals surface area contributed by atoms with Crippen LogP contribution in [-0.4, -0.2) is 27.9 Å². The Bertz CT molecular complexity index is 581. The van der Waals surface area contributed by atoms with Crippen LogP contribution < -0.4 is 19.5 Å². The van der Waals surface area contributed by atoms with E-state index in [1.54, 1.807) is 21.3 Å². The Labute approximate surface area is 132 Å². The van der Waals surface area contributed by atoms with Crippen molar-refractivity contribution in [2.24, 2.45) is 0 Å². The van der Waals surface area contributed by atoms with Gasteiger partial charge in [-0.1, -0.05) is 18.2 Å². The van der Waals surface area contributed by atoms with Crippen LogP contribution in [0.5, 0.6) is 17.2 Å². The quantitative estimate of drug-likeness (QED) is 0.761. The smallest absolute Gasteiger partial charge is 0.161 e. The van der Waals surface area contributed by atoms with Crippen LogP contribution in [0.1, 0.15) is 11.1 Å². The summed E-state index contributed by atoms with van der Waals surface area (Å²) >= 11 is 0. The normalized spacial score (nSPS) is 10.3. The highest BCUT2D eigenvalue weighted by atomic mass is 16.5. The van der Waals surface area contributed by atoms with Crippen LogP contribution in [0.3, 0.4) is 0 Å². The summed E-state index contributed by atoms with van der Waals surface area (Å²) in [6, 6.07) is 14.1. The molecule has 2 rings (SSSR count). The zero-order valence-corrected chi connectivity index (χ0v) is 13.4. The van der Waals surface area contributed by atoms with E-state index in [1.165, 1.54) is 11.1 Å². The molecule has 0 saturated carbocycles. The second-order valence-electron chi connectivity index (χ2n) is 4.96. The molecule has 0 aromatic heterocycles. The van der Waals surface area contributed by atoms with Gasteiger partial charge in [0.15, 0.2) is 11.5 Å². The summed E-state index contributed by atoms with van der Waals surface area (Å²) in [7, 11) is 4.98. The van der Waals surface area contributed by atoms with Crippen molar-refractivity contribution in [2.45, 2.75) is 13.0 Å². The van der Waals surface area contributed by atoms with Crippen molar-refractivity contribution in [1.82, 2.24) is 5.32 Å². The second kappa shape index (κ2) is 8.29. The lowest BCUT2D eigenvalue weighted by molar-refractivity contribution is 0.354. The first-order valence-electron chi connectivity index (χ1n) is 7.31. The largest absolute Gasteiger partial charge is 0.497 e. The van der Waals surface area contributed by atoms with Crippen molar-refractivity contribution in [3.8, 4) is 17.2 Å². The number of nitrogens with one attached hydrogen (secondary N) is 1. The van der Waals surface area contributed by atoms with E-state index >= 15 is 0 Å². The molecule has 2 aromatic rings. The van der Waals surface area contributed by atoms with E-state index in [9.17, 15) is 0 Å². The molecule has 0 amide bonds. The minimum absolute atomic E-state index is 0.754. The maximum Gasteiger partial charge on any atom is 0.161 e. The van der Waals surface area contributed by atoms with E-state index in [4.69, 9.17) is 14.2 Å². The molecule has 0 bridgehead atoms. The summed E-state index contributed by atoms with van der Waals surface area (Å²) in [6.45, 7) is 1.72. The number of hydrogen-bond donors (Lipinski definition) is 1. The third kappa shape index (κ3) is 4.40. The van der Waals surface area contributed by atoms with Gasteiger partial charge >= 0.3 is 0 Å². The van der Waals surface area contributed by atoms with Crippen molar-refractivity contribution in [3.05, 3.63) is 53.6 Å². The van der Waals surface area contributed by atoms with Crippen LogP contribution in [0.25, 0.3) is 0 Å². The maximum atomic E-state index is 5.31. The Hall–Kier alpha value is -2.20. The van der Waals surface area contributed by atoms with Crippen LogP contribution in [0.4, 0.5) is 0 Å². The van der Waals surface area contributed by atoms with Gasteiger partial charge in [-0.3, -0.25) is 0 Å². The van der Waals surface area contributed by atoms with E-state index in [2.05, 4.69) is 17.4 Å². The molecule has 0 saturated heterocycles. The number of methoxy groups -OCH3 is 3. The highest BCUT2D eigenvalue weighted by Crippen LogP contribution is 2.27. The first kappa shape index (κ1) is 16.2. The van der Waals surface area contributed by atoms with Gasteiger partial charge in [-0.2, -0.15) is 0 Å². The molecule has 0 unspecified atom stereocenters. The zero-order chi connectivity index (χ0) is 15.8. The van der Waals surface area contributed by atoms with E-state index in [-0.39, 0.29) is 0 Å². The minimum Gasteiger partial charge on any atom is -0.497 e. The summed E-state index contributed by atoms with van der Waals surface area (Å²) in [5.41, 5.74) is 2.47. The fourth-order valence-corrected chi connectivity index (χ4v) is 2.25. The Morgan fingerprint density at radius 3 is 2.09 bits per heavy atom. The number of hydrogen-bond acceptors (Lipinski definition) is 4. The lowest BCUT2D eigenvalue weighted by Gasteiger charge is -2.10. The number of benzene rings is 2. The lowest BCUT2D eigenvalue weighted by atomic mass is 10.1. The monoisotopic (exact) mass is 301 g/mol. The highest BCUT2D eigenvalue weighted by Gasteiger charge is 2.04. The van der Waals surface area contributed by atoms with Gasteiger partial charge in [0.1, 0.15) is 5.75 Å². The molecule has 0 atom stereocenters. The van der Waals surface area contributed by atoms with Crippen LogP contribution >= 0.6 is 0 Å². The molecule has 2 aromatic carbocycles. The molecule has 0 radical (unpaired) electrons. The predicted octanol–water partition coefficient (Wildman–Crippen LogP) is 3.04. The molecule has 0 heterocycles. The van der Waals surface area contributed by atoms with Gasteiger partial charge in [-0.15, -0.1) is 0 Å². The fraction of sp³-hybridized carbons (Fsp3) is 0.333. The van der Waals surface area contributed by atoms with Crippen molar-refractivity contribution in [2.75, 3.05) is 27.9 Å². The maximum absolute atomic E-state index is 5.31. The Balaban J connectivity index is 1.80. The van der Waals surface area contributed by atoms with Crippen LogP contribution in [0.2, 0.25) is 0 Å². The molecule has 118 valence electrons. The summed E-state index contributed by atoms with van der Waals surface area (Å²) in [4.78, 5) is 0. The third-order valence-electron chi connectivity index (χ3n) is 3.53. The van der Waals surface area contributed by atoms with Crippen molar-refractivity contribution < 1.29 is 14.2 Å². The highest BCUT2D eigenvalue weighted by molar-refractivity contribution is 5.42. The molecule has 4 heteroatoms. The number of ether oxygens (including phenoxy) is 3. The second-order valence-corrected chi connectivity index (χ2v) is 4.96. The predicted molar refractivity (Wildman–Crippen MR) is 88.0 cm³/mol. The van der Waals surface area contributed by atoms with Crippen molar-refractivity contribution >= 4 is 0 Å². The van der Waals surface area contributed by atoms with E-state index in [0.717, 1.165) is 36.8 Å².